The summed E-state index contributed by atoms with van der Waals surface area (Å²) in [5.74, 6) is 0.648. The average molecular weight is 267 g/mol. The van der Waals surface area contributed by atoms with E-state index in [1.165, 1.54) is 13.0 Å². The number of carbonyl (C=O) groups is 1. The first kappa shape index (κ1) is 14.8. The van der Waals surface area contributed by atoms with E-state index < -0.39 is 0 Å². The van der Waals surface area contributed by atoms with E-state index in [2.05, 4.69) is 22.0 Å². The van der Waals surface area contributed by atoms with Crippen molar-refractivity contribution in [1.29, 1.82) is 0 Å². The number of likely N-dealkylation sites (tertiary alicyclic amines) is 1. The second kappa shape index (κ2) is 7.25. The summed E-state index contributed by atoms with van der Waals surface area (Å²) in [6.45, 7) is 7.75. The summed E-state index contributed by atoms with van der Waals surface area (Å²) in [6.07, 6.45) is 5.55. The molecule has 0 unspecified atom stereocenters. The van der Waals surface area contributed by atoms with Gasteiger partial charge in [0.15, 0.2) is 0 Å². The number of hydrogen-bond donors (Lipinski definition) is 1. The lowest BCUT2D eigenvalue weighted by Gasteiger charge is -2.38. The molecule has 110 valence electrons. The Balaban J connectivity index is 1.79. The summed E-state index contributed by atoms with van der Waals surface area (Å²) in [6, 6.07) is 0.468. The van der Waals surface area contributed by atoms with Gasteiger partial charge in [-0.25, -0.2) is 0 Å². The summed E-state index contributed by atoms with van der Waals surface area (Å²) in [7, 11) is 2.02. The zero-order valence-corrected chi connectivity index (χ0v) is 12.5. The molecular formula is C15H29N3O. The molecule has 2 aliphatic heterocycles. The lowest BCUT2D eigenvalue weighted by Crippen LogP contribution is -2.48. The van der Waals surface area contributed by atoms with Crippen molar-refractivity contribution in [1.82, 2.24) is 15.1 Å². The van der Waals surface area contributed by atoms with Gasteiger partial charge in [0.2, 0.25) is 5.91 Å². The van der Waals surface area contributed by atoms with Gasteiger partial charge in [-0.1, -0.05) is 6.92 Å². The molecule has 0 aromatic heterocycles. The fraction of sp³-hybridized carbons (Fsp3) is 0.933. The van der Waals surface area contributed by atoms with Gasteiger partial charge in [-0.3, -0.25) is 4.79 Å². The van der Waals surface area contributed by atoms with Gasteiger partial charge in [-0.15, -0.1) is 0 Å². The first-order chi connectivity index (χ1) is 9.22. The zero-order valence-electron chi connectivity index (χ0n) is 12.5. The number of nitrogens with one attached hydrogen (secondary N) is 1. The van der Waals surface area contributed by atoms with Crippen molar-refractivity contribution in [2.45, 2.75) is 45.1 Å². The van der Waals surface area contributed by atoms with Gasteiger partial charge in [-0.2, -0.15) is 0 Å². The number of hydrogen-bond acceptors (Lipinski definition) is 3. The molecule has 1 N–H and O–H groups in total. The first-order valence-electron chi connectivity index (χ1n) is 7.92. The SMILES string of the molecule is CCCN1CCC(N(C)C(=O)C2CCNCC2)CC1. The highest BCUT2D eigenvalue weighted by molar-refractivity contribution is 5.79. The minimum atomic E-state index is 0.264. The molecule has 2 heterocycles. The van der Waals surface area contributed by atoms with Crippen LogP contribution in [0.15, 0.2) is 0 Å². The lowest BCUT2D eigenvalue weighted by molar-refractivity contribution is -0.138. The van der Waals surface area contributed by atoms with Crippen LogP contribution >= 0.6 is 0 Å². The maximum Gasteiger partial charge on any atom is 0.225 e. The van der Waals surface area contributed by atoms with Crippen LogP contribution in [0.3, 0.4) is 0 Å². The summed E-state index contributed by atoms with van der Waals surface area (Å²) in [5.41, 5.74) is 0. The summed E-state index contributed by atoms with van der Waals surface area (Å²) < 4.78 is 0. The molecule has 0 aromatic rings. The van der Waals surface area contributed by atoms with Gasteiger partial charge < -0.3 is 15.1 Å². The Bertz CT molecular complexity index is 281. The van der Waals surface area contributed by atoms with Gasteiger partial charge in [-0.05, 0) is 51.7 Å². The van der Waals surface area contributed by atoms with Crippen molar-refractivity contribution in [2.75, 3.05) is 39.8 Å². The third-order valence-corrected chi connectivity index (χ3v) is 4.68. The van der Waals surface area contributed by atoms with Gasteiger partial charge in [0.1, 0.15) is 0 Å². The second-order valence-electron chi connectivity index (χ2n) is 6.05. The molecule has 1 amide bonds. The van der Waals surface area contributed by atoms with E-state index in [1.807, 2.05) is 7.05 Å². The normalized spacial score (nSPS) is 23.5. The van der Waals surface area contributed by atoms with Crippen LogP contribution in [-0.2, 0) is 4.79 Å². The molecule has 0 aliphatic carbocycles. The molecule has 19 heavy (non-hydrogen) atoms. The lowest BCUT2D eigenvalue weighted by atomic mass is 9.94. The van der Waals surface area contributed by atoms with Crippen molar-refractivity contribution in [3.05, 3.63) is 0 Å². The number of carbonyl (C=O) groups excluding carboxylic acids is 1. The van der Waals surface area contributed by atoms with Crippen LogP contribution in [0.5, 0.6) is 0 Å². The van der Waals surface area contributed by atoms with Crippen molar-refractivity contribution in [3.8, 4) is 0 Å². The Kier molecular flexibility index (Phi) is 5.64. The molecule has 4 heteroatoms. The van der Waals surface area contributed by atoms with E-state index in [9.17, 15) is 4.79 Å². The quantitative estimate of drug-likeness (QED) is 0.834. The third-order valence-electron chi connectivity index (χ3n) is 4.68. The molecule has 0 saturated carbocycles. The molecule has 2 saturated heterocycles. The maximum atomic E-state index is 12.5. The van der Waals surface area contributed by atoms with E-state index >= 15 is 0 Å². The topological polar surface area (TPSA) is 35.6 Å². The van der Waals surface area contributed by atoms with Crippen LogP contribution in [-0.4, -0.2) is 61.5 Å². The molecule has 0 atom stereocenters. The predicted octanol–water partition coefficient (Wildman–Crippen LogP) is 1.32. The third kappa shape index (κ3) is 3.93. The van der Waals surface area contributed by atoms with Crippen LogP contribution in [0.4, 0.5) is 0 Å². The fourth-order valence-electron chi connectivity index (χ4n) is 3.38. The summed E-state index contributed by atoms with van der Waals surface area (Å²) in [5, 5.41) is 3.33. The minimum Gasteiger partial charge on any atom is -0.342 e. The smallest absolute Gasteiger partial charge is 0.225 e. The van der Waals surface area contributed by atoms with E-state index in [-0.39, 0.29) is 5.92 Å². The van der Waals surface area contributed by atoms with E-state index in [0.29, 0.717) is 11.9 Å². The molecule has 0 spiro atoms. The number of piperidine rings is 2. The Labute approximate surface area is 117 Å². The van der Waals surface area contributed by atoms with Gasteiger partial charge in [0.25, 0.3) is 0 Å². The largest absolute Gasteiger partial charge is 0.342 e. The zero-order chi connectivity index (χ0) is 13.7. The monoisotopic (exact) mass is 267 g/mol. The molecule has 0 radical (unpaired) electrons. The first-order valence-corrected chi connectivity index (χ1v) is 7.92. The summed E-state index contributed by atoms with van der Waals surface area (Å²) in [4.78, 5) is 17.1. The minimum absolute atomic E-state index is 0.264. The Hall–Kier alpha value is -0.610. The average Bonchev–Trinajstić information content (AvgIpc) is 2.48. The maximum absolute atomic E-state index is 12.5. The van der Waals surface area contributed by atoms with E-state index in [4.69, 9.17) is 0 Å². The van der Waals surface area contributed by atoms with Crippen LogP contribution in [0, 0.1) is 5.92 Å². The highest BCUT2D eigenvalue weighted by Gasteiger charge is 2.29. The number of amides is 1. The number of rotatable bonds is 4. The second-order valence-corrected chi connectivity index (χ2v) is 6.05. The van der Waals surface area contributed by atoms with E-state index in [1.54, 1.807) is 0 Å². The molecule has 4 nitrogen and oxygen atoms in total. The number of nitrogens with zero attached hydrogens (tertiary/aromatic N) is 2. The molecular weight excluding hydrogens is 238 g/mol. The fourth-order valence-corrected chi connectivity index (χ4v) is 3.38. The predicted molar refractivity (Wildman–Crippen MR) is 78.1 cm³/mol. The van der Waals surface area contributed by atoms with Crippen molar-refractivity contribution >= 4 is 5.91 Å². The van der Waals surface area contributed by atoms with Crippen molar-refractivity contribution in [2.24, 2.45) is 5.92 Å². The molecule has 2 aliphatic rings. The van der Waals surface area contributed by atoms with Crippen LogP contribution in [0.1, 0.15) is 39.0 Å². The van der Waals surface area contributed by atoms with Crippen LogP contribution in [0.25, 0.3) is 0 Å². The Morgan fingerprint density at radius 3 is 2.42 bits per heavy atom. The molecule has 2 rings (SSSR count). The van der Waals surface area contributed by atoms with E-state index in [0.717, 1.165) is 51.9 Å². The molecule has 0 bridgehead atoms. The van der Waals surface area contributed by atoms with Crippen LogP contribution < -0.4 is 5.32 Å². The standard InChI is InChI=1S/C15H29N3O/c1-3-10-18-11-6-14(7-12-18)17(2)15(19)13-4-8-16-9-5-13/h13-14,16H,3-12H2,1-2H3. The molecule has 0 aromatic carbocycles. The Morgan fingerprint density at radius 1 is 1.21 bits per heavy atom. The highest BCUT2D eigenvalue weighted by atomic mass is 16.2. The van der Waals surface area contributed by atoms with Crippen LogP contribution in [0.2, 0.25) is 0 Å². The highest BCUT2D eigenvalue weighted by Crippen LogP contribution is 2.20. The van der Waals surface area contributed by atoms with Crippen molar-refractivity contribution < 1.29 is 4.79 Å². The van der Waals surface area contributed by atoms with Gasteiger partial charge in [0, 0.05) is 32.1 Å². The van der Waals surface area contributed by atoms with Gasteiger partial charge in [0.05, 0.1) is 0 Å². The summed E-state index contributed by atoms with van der Waals surface area (Å²) >= 11 is 0. The van der Waals surface area contributed by atoms with Crippen molar-refractivity contribution in [3.63, 3.8) is 0 Å². The Morgan fingerprint density at radius 2 is 1.84 bits per heavy atom. The molecule has 2 fully saturated rings. The van der Waals surface area contributed by atoms with Gasteiger partial charge >= 0.3 is 0 Å².